The summed E-state index contributed by atoms with van der Waals surface area (Å²) in [5, 5.41) is 5.18. The first-order valence-electron chi connectivity index (χ1n) is 8.74. The molecule has 2 heterocycles. The van der Waals surface area contributed by atoms with Gasteiger partial charge in [0.1, 0.15) is 0 Å². The Morgan fingerprint density at radius 1 is 1.23 bits per heavy atom. The third-order valence-electron chi connectivity index (χ3n) is 4.51. The fraction of sp³-hybridized carbons (Fsp3) is 0.300. The summed E-state index contributed by atoms with van der Waals surface area (Å²) < 4.78 is 3.92. The third-order valence-corrected chi connectivity index (χ3v) is 4.88. The topological polar surface area (TPSA) is 38.9 Å². The standard InChI is InChI=1S/C20H24ClN5/c1-3-26-17(2)19(13-23-26)15-25(11-6-10-24-12-9-22-16-24)14-18-7-4-5-8-20(18)21/h3-5,7-9,12-13,16H,1,6,10-11,14-15H2,2H3. The van der Waals surface area contributed by atoms with Crippen molar-refractivity contribution in [2.75, 3.05) is 6.54 Å². The van der Waals surface area contributed by atoms with Gasteiger partial charge in [-0.15, -0.1) is 0 Å². The summed E-state index contributed by atoms with van der Waals surface area (Å²) in [7, 11) is 0. The molecule has 136 valence electrons. The molecular formula is C20H24ClN5. The van der Waals surface area contributed by atoms with Crippen LogP contribution in [0.2, 0.25) is 5.02 Å². The van der Waals surface area contributed by atoms with Crippen LogP contribution in [0.3, 0.4) is 0 Å². The van der Waals surface area contributed by atoms with Crippen LogP contribution in [-0.4, -0.2) is 30.8 Å². The molecule has 0 aliphatic carbocycles. The third kappa shape index (κ3) is 4.62. The number of halogens is 1. The molecule has 0 bridgehead atoms. The fourth-order valence-corrected chi connectivity index (χ4v) is 3.21. The molecule has 0 amide bonds. The van der Waals surface area contributed by atoms with Gasteiger partial charge in [-0.2, -0.15) is 5.10 Å². The highest BCUT2D eigenvalue weighted by molar-refractivity contribution is 6.31. The van der Waals surface area contributed by atoms with Crippen molar-refractivity contribution in [1.29, 1.82) is 0 Å². The molecule has 3 aromatic rings. The quantitative estimate of drug-likeness (QED) is 0.566. The number of rotatable bonds is 9. The minimum Gasteiger partial charge on any atom is -0.337 e. The van der Waals surface area contributed by atoms with Gasteiger partial charge in [0.2, 0.25) is 0 Å². The predicted molar refractivity (Wildman–Crippen MR) is 106 cm³/mol. The number of hydrogen-bond donors (Lipinski definition) is 0. The maximum atomic E-state index is 6.38. The summed E-state index contributed by atoms with van der Waals surface area (Å²) >= 11 is 6.38. The first-order chi connectivity index (χ1) is 12.7. The molecule has 0 atom stereocenters. The largest absolute Gasteiger partial charge is 0.337 e. The zero-order valence-electron chi connectivity index (χ0n) is 15.1. The highest BCUT2D eigenvalue weighted by Gasteiger charge is 2.13. The van der Waals surface area contributed by atoms with Gasteiger partial charge in [0.25, 0.3) is 0 Å². The van der Waals surface area contributed by atoms with Gasteiger partial charge in [0.15, 0.2) is 0 Å². The van der Waals surface area contributed by atoms with Crippen LogP contribution >= 0.6 is 11.6 Å². The molecule has 0 aliphatic heterocycles. The normalized spacial score (nSPS) is 11.2. The van der Waals surface area contributed by atoms with E-state index in [2.05, 4.69) is 39.1 Å². The Balaban J connectivity index is 1.70. The van der Waals surface area contributed by atoms with Crippen LogP contribution in [0.1, 0.15) is 23.2 Å². The fourth-order valence-electron chi connectivity index (χ4n) is 3.02. The van der Waals surface area contributed by atoms with E-state index in [1.807, 2.05) is 47.8 Å². The first kappa shape index (κ1) is 18.4. The molecule has 1 aromatic carbocycles. The Hall–Kier alpha value is -2.37. The van der Waals surface area contributed by atoms with Crippen molar-refractivity contribution in [3.05, 3.63) is 77.6 Å². The zero-order chi connectivity index (χ0) is 18.4. The van der Waals surface area contributed by atoms with E-state index in [4.69, 9.17) is 11.6 Å². The summed E-state index contributed by atoms with van der Waals surface area (Å²) in [6.07, 6.45) is 10.4. The lowest BCUT2D eigenvalue weighted by Crippen LogP contribution is -2.25. The van der Waals surface area contributed by atoms with Crippen LogP contribution in [0.15, 0.2) is 55.8 Å². The molecule has 0 unspecified atom stereocenters. The SMILES string of the molecule is C=Cn1ncc(CN(CCCn2ccnc2)Cc2ccccc2Cl)c1C. The lowest BCUT2D eigenvalue weighted by Gasteiger charge is -2.23. The second kappa shape index (κ2) is 8.83. The number of aromatic nitrogens is 4. The number of aryl methyl sites for hydroxylation is 1. The van der Waals surface area contributed by atoms with E-state index in [-0.39, 0.29) is 0 Å². The van der Waals surface area contributed by atoms with Crippen molar-refractivity contribution >= 4 is 17.8 Å². The second-order valence-corrected chi connectivity index (χ2v) is 6.75. The van der Waals surface area contributed by atoms with E-state index in [1.165, 1.54) is 5.56 Å². The van der Waals surface area contributed by atoms with Gasteiger partial charge < -0.3 is 4.57 Å². The summed E-state index contributed by atoms with van der Waals surface area (Å²) in [5.41, 5.74) is 3.48. The number of hydrogen-bond acceptors (Lipinski definition) is 3. The number of benzene rings is 1. The van der Waals surface area contributed by atoms with Crippen LogP contribution < -0.4 is 0 Å². The molecule has 0 N–H and O–H groups in total. The molecule has 0 aliphatic rings. The molecule has 6 heteroatoms. The lowest BCUT2D eigenvalue weighted by molar-refractivity contribution is 0.248. The van der Waals surface area contributed by atoms with Crippen LogP contribution in [0.5, 0.6) is 0 Å². The maximum absolute atomic E-state index is 6.38. The molecule has 5 nitrogen and oxygen atoms in total. The van der Waals surface area contributed by atoms with Crippen LogP contribution in [0.25, 0.3) is 6.20 Å². The monoisotopic (exact) mass is 369 g/mol. The van der Waals surface area contributed by atoms with Crippen molar-refractivity contribution in [2.45, 2.75) is 33.0 Å². The minimum absolute atomic E-state index is 0.808. The van der Waals surface area contributed by atoms with Crippen molar-refractivity contribution in [1.82, 2.24) is 24.2 Å². The van der Waals surface area contributed by atoms with Gasteiger partial charge in [-0.25, -0.2) is 9.67 Å². The average Bonchev–Trinajstić information content (AvgIpc) is 3.27. The zero-order valence-corrected chi connectivity index (χ0v) is 15.8. The second-order valence-electron chi connectivity index (χ2n) is 6.34. The van der Waals surface area contributed by atoms with E-state index in [0.29, 0.717) is 0 Å². The van der Waals surface area contributed by atoms with Crippen molar-refractivity contribution in [3.63, 3.8) is 0 Å². The smallest absolute Gasteiger partial charge is 0.0945 e. The van der Waals surface area contributed by atoms with Crippen LogP contribution in [0.4, 0.5) is 0 Å². The van der Waals surface area contributed by atoms with E-state index < -0.39 is 0 Å². The van der Waals surface area contributed by atoms with Gasteiger partial charge in [-0.3, -0.25) is 4.90 Å². The molecule has 3 rings (SSSR count). The average molecular weight is 370 g/mol. The van der Waals surface area contributed by atoms with Crippen molar-refractivity contribution in [2.24, 2.45) is 0 Å². The molecule has 0 radical (unpaired) electrons. The molecule has 0 saturated heterocycles. The Kier molecular flexibility index (Phi) is 6.26. The molecule has 0 fully saturated rings. The van der Waals surface area contributed by atoms with Gasteiger partial charge in [0.05, 0.1) is 12.5 Å². The highest BCUT2D eigenvalue weighted by Crippen LogP contribution is 2.19. The van der Waals surface area contributed by atoms with Gasteiger partial charge >= 0.3 is 0 Å². The first-order valence-corrected chi connectivity index (χ1v) is 9.12. The van der Waals surface area contributed by atoms with Gasteiger partial charge in [0, 0.05) is 61.1 Å². The molecule has 2 aromatic heterocycles. The van der Waals surface area contributed by atoms with E-state index >= 15 is 0 Å². The Bertz CT molecular complexity index is 838. The summed E-state index contributed by atoms with van der Waals surface area (Å²) in [6.45, 7) is 9.42. The Morgan fingerprint density at radius 2 is 2.04 bits per heavy atom. The minimum atomic E-state index is 0.808. The molecule has 26 heavy (non-hydrogen) atoms. The lowest BCUT2D eigenvalue weighted by atomic mass is 10.1. The van der Waals surface area contributed by atoms with Crippen LogP contribution in [-0.2, 0) is 19.6 Å². The van der Waals surface area contributed by atoms with Crippen molar-refractivity contribution < 1.29 is 0 Å². The van der Waals surface area contributed by atoms with Crippen molar-refractivity contribution in [3.8, 4) is 0 Å². The highest BCUT2D eigenvalue weighted by atomic mass is 35.5. The Morgan fingerprint density at radius 3 is 2.73 bits per heavy atom. The molecular weight excluding hydrogens is 346 g/mol. The molecule has 0 spiro atoms. The molecule has 0 saturated carbocycles. The number of nitrogens with zero attached hydrogens (tertiary/aromatic N) is 5. The summed E-state index contributed by atoms with van der Waals surface area (Å²) in [4.78, 5) is 6.51. The van der Waals surface area contributed by atoms with E-state index in [9.17, 15) is 0 Å². The van der Waals surface area contributed by atoms with E-state index in [1.54, 1.807) is 6.20 Å². The van der Waals surface area contributed by atoms with Gasteiger partial charge in [-0.05, 0) is 25.0 Å². The number of imidazole rings is 1. The Labute approximate surface area is 159 Å². The summed E-state index contributed by atoms with van der Waals surface area (Å²) in [6, 6.07) is 8.03. The van der Waals surface area contributed by atoms with Gasteiger partial charge in [-0.1, -0.05) is 36.4 Å². The maximum Gasteiger partial charge on any atom is 0.0945 e. The predicted octanol–water partition coefficient (Wildman–Crippen LogP) is 4.23. The summed E-state index contributed by atoms with van der Waals surface area (Å²) in [5.74, 6) is 0. The van der Waals surface area contributed by atoms with Crippen LogP contribution in [0, 0.1) is 6.92 Å². The van der Waals surface area contributed by atoms with E-state index in [0.717, 1.165) is 48.9 Å².